The number of thiophene rings is 1. The average molecular weight is 405 g/mol. The van der Waals surface area contributed by atoms with Gasteiger partial charge < -0.3 is 15.7 Å². The minimum Gasteiger partial charge on any atom is -0.481 e. The number of hydrogen-bond donors (Lipinski definition) is 3. The Bertz CT molecular complexity index is 799. The lowest BCUT2D eigenvalue weighted by molar-refractivity contribution is -0.147. The Balaban J connectivity index is 1.60. The van der Waals surface area contributed by atoms with Crippen LogP contribution >= 0.6 is 11.3 Å². The molecular weight excluding hydrogens is 376 g/mol. The summed E-state index contributed by atoms with van der Waals surface area (Å²) in [7, 11) is 0. The summed E-state index contributed by atoms with van der Waals surface area (Å²) in [6.45, 7) is 2.21. The fourth-order valence-electron chi connectivity index (χ4n) is 4.51. The van der Waals surface area contributed by atoms with Crippen molar-refractivity contribution in [3.8, 4) is 0 Å². The zero-order valence-electron chi connectivity index (χ0n) is 16.3. The molecule has 0 radical (unpaired) electrons. The number of nitrogens with one attached hydrogen (secondary N) is 2. The third-order valence-corrected chi connectivity index (χ3v) is 7.48. The second-order valence-corrected chi connectivity index (χ2v) is 9.73. The third kappa shape index (κ3) is 3.95. The van der Waals surface area contributed by atoms with Crippen LogP contribution in [-0.2, 0) is 22.4 Å². The molecule has 3 aliphatic rings. The molecule has 0 bridgehead atoms. The largest absolute Gasteiger partial charge is 0.481 e. The first kappa shape index (κ1) is 19.4. The zero-order valence-corrected chi connectivity index (χ0v) is 17.1. The summed E-state index contributed by atoms with van der Waals surface area (Å²) < 4.78 is 0. The number of fused-ring (bicyclic) bond motifs is 1. The number of carbonyl (C=O) groups is 3. The van der Waals surface area contributed by atoms with Crippen molar-refractivity contribution in [1.82, 2.24) is 5.32 Å². The monoisotopic (exact) mass is 404 g/mol. The van der Waals surface area contributed by atoms with E-state index in [0.717, 1.165) is 50.5 Å². The molecule has 1 aromatic rings. The number of aliphatic carboxylic acids is 1. The maximum Gasteiger partial charge on any atom is 0.307 e. The summed E-state index contributed by atoms with van der Waals surface area (Å²) in [6.07, 6.45) is 7.72. The highest BCUT2D eigenvalue weighted by atomic mass is 32.1. The number of amides is 2. The Morgan fingerprint density at radius 1 is 1.04 bits per heavy atom. The van der Waals surface area contributed by atoms with Crippen molar-refractivity contribution in [2.75, 3.05) is 5.32 Å². The zero-order chi connectivity index (χ0) is 19.8. The van der Waals surface area contributed by atoms with Crippen LogP contribution in [0, 0.1) is 17.8 Å². The molecule has 4 rings (SSSR count). The van der Waals surface area contributed by atoms with Crippen molar-refractivity contribution < 1.29 is 19.5 Å². The van der Waals surface area contributed by atoms with Crippen molar-refractivity contribution in [2.24, 2.45) is 17.8 Å². The molecule has 28 heavy (non-hydrogen) atoms. The molecule has 0 spiro atoms. The van der Waals surface area contributed by atoms with Crippen LogP contribution in [-0.4, -0.2) is 28.9 Å². The molecule has 3 aliphatic carbocycles. The fraction of sp³-hybridized carbons (Fsp3) is 0.667. The lowest BCUT2D eigenvalue weighted by Crippen LogP contribution is -2.36. The molecule has 0 unspecified atom stereocenters. The van der Waals surface area contributed by atoms with E-state index in [-0.39, 0.29) is 17.9 Å². The molecule has 1 heterocycles. The van der Waals surface area contributed by atoms with Crippen LogP contribution in [0.2, 0.25) is 0 Å². The molecule has 0 aromatic carbocycles. The summed E-state index contributed by atoms with van der Waals surface area (Å²) in [5, 5.41) is 16.1. The molecular formula is C21H28N2O4S. The number of anilines is 1. The quantitative estimate of drug-likeness (QED) is 0.699. The summed E-state index contributed by atoms with van der Waals surface area (Å²) in [6, 6.07) is 0.254. The number of hydrogen-bond acceptors (Lipinski definition) is 4. The van der Waals surface area contributed by atoms with E-state index in [4.69, 9.17) is 0 Å². The number of rotatable bonds is 5. The molecule has 0 aliphatic heterocycles. The summed E-state index contributed by atoms with van der Waals surface area (Å²) in [4.78, 5) is 38.6. The van der Waals surface area contributed by atoms with Crippen LogP contribution in [0.4, 0.5) is 5.00 Å². The molecule has 3 N–H and O–H groups in total. The van der Waals surface area contributed by atoms with E-state index in [0.29, 0.717) is 29.3 Å². The van der Waals surface area contributed by atoms with Gasteiger partial charge in [-0.15, -0.1) is 11.3 Å². The molecule has 2 fully saturated rings. The van der Waals surface area contributed by atoms with Crippen LogP contribution in [0.25, 0.3) is 0 Å². The van der Waals surface area contributed by atoms with E-state index in [1.165, 1.54) is 16.2 Å². The Morgan fingerprint density at radius 3 is 2.43 bits per heavy atom. The van der Waals surface area contributed by atoms with Crippen LogP contribution in [0.15, 0.2) is 0 Å². The van der Waals surface area contributed by atoms with Gasteiger partial charge in [-0.25, -0.2) is 0 Å². The van der Waals surface area contributed by atoms with Crippen LogP contribution in [0.5, 0.6) is 0 Å². The van der Waals surface area contributed by atoms with Gasteiger partial charge in [-0.3, -0.25) is 14.4 Å². The Morgan fingerprint density at radius 2 is 1.75 bits per heavy atom. The normalized spacial score (nSPS) is 27.0. The smallest absolute Gasteiger partial charge is 0.307 e. The first-order valence-corrected chi connectivity index (χ1v) is 11.2. The van der Waals surface area contributed by atoms with E-state index >= 15 is 0 Å². The molecule has 152 valence electrons. The van der Waals surface area contributed by atoms with E-state index in [9.17, 15) is 19.5 Å². The van der Waals surface area contributed by atoms with Crippen molar-refractivity contribution in [3.63, 3.8) is 0 Å². The SMILES string of the molecule is C[C@H]1CCc2c(sc(NC(=O)[C@H]3CCCC[C@@H]3C(=O)O)c2C(=O)NC2CC2)C1. The molecule has 0 saturated heterocycles. The standard InChI is InChI=1S/C21H28N2O4S/c1-11-6-9-15-16(10-11)28-20(17(15)19(25)22-12-7-8-12)23-18(24)13-4-2-3-5-14(13)21(26)27/h11-14H,2-10H2,1H3,(H,22,25)(H,23,24)(H,26,27)/t11-,13-,14-/m0/s1. The van der Waals surface area contributed by atoms with E-state index < -0.39 is 17.8 Å². The molecule has 3 atom stereocenters. The van der Waals surface area contributed by atoms with Gasteiger partial charge in [0.2, 0.25) is 5.91 Å². The van der Waals surface area contributed by atoms with Crippen LogP contribution in [0.1, 0.15) is 72.7 Å². The second kappa shape index (κ2) is 7.85. The van der Waals surface area contributed by atoms with Gasteiger partial charge in [0, 0.05) is 10.9 Å². The third-order valence-electron chi connectivity index (χ3n) is 6.31. The fourth-order valence-corrected chi connectivity index (χ4v) is 5.92. The Hall–Kier alpha value is -1.89. The van der Waals surface area contributed by atoms with Gasteiger partial charge in [-0.1, -0.05) is 19.8 Å². The first-order valence-electron chi connectivity index (χ1n) is 10.4. The van der Waals surface area contributed by atoms with Crippen LogP contribution < -0.4 is 10.6 Å². The Kier molecular flexibility index (Phi) is 5.45. The summed E-state index contributed by atoms with van der Waals surface area (Å²) in [5.41, 5.74) is 1.70. The minimum absolute atomic E-state index is 0.0942. The van der Waals surface area contributed by atoms with Crippen molar-refractivity contribution in [1.29, 1.82) is 0 Å². The highest BCUT2D eigenvalue weighted by Crippen LogP contribution is 2.41. The van der Waals surface area contributed by atoms with Gasteiger partial charge >= 0.3 is 5.97 Å². The van der Waals surface area contributed by atoms with Crippen molar-refractivity contribution in [3.05, 3.63) is 16.0 Å². The lowest BCUT2D eigenvalue weighted by atomic mass is 9.78. The molecule has 1 aromatic heterocycles. The van der Waals surface area contributed by atoms with Crippen molar-refractivity contribution in [2.45, 2.75) is 70.8 Å². The molecule has 7 heteroatoms. The predicted octanol–water partition coefficient (Wildman–Crippen LogP) is 3.59. The molecule has 2 amide bonds. The second-order valence-electron chi connectivity index (χ2n) is 8.63. The van der Waals surface area contributed by atoms with E-state index in [1.807, 2.05) is 0 Å². The number of carboxylic acid groups (broad SMARTS) is 1. The lowest BCUT2D eigenvalue weighted by Gasteiger charge is -2.27. The van der Waals surface area contributed by atoms with Gasteiger partial charge in [0.15, 0.2) is 0 Å². The van der Waals surface area contributed by atoms with Gasteiger partial charge in [0.25, 0.3) is 5.91 Å². The Labute approximate surface area is 169 Å². The maximum atomic E-state index is 13.0. The van der Waals surface area contributed by atoms with Crippen molar-refractivity contribution >= 4 is 34.1 Å². The predicted molar refractivity (Wildman–Crippen MR) is 108 cm³/mol. The topological polar surface area (TPSA) is 95.5 Å². The van der Waals surface area contributed by atoms with Gasteiger partial charge in [-0.05, 0) is 56.4 Å². The molecule has 6 nitrogen and oxygen atoms in total. The average Bonchev–Trinajstić information content (AvgIpc) is 3.40. The van der Waals surface area contributed by atoms with Crippen LogP contribution in [0.3, 0.4) is 0 Å². The minimum atomic E-state index is -0.897. The summed E-state index contributed by atoms with van der Waals surface area (Å²) >= 11 is 1.50. The summed E-state index contributed by atoms with van der Waals surface area (Å²) in [5.74, 6) is -1.83. The number of carbonyl (C=O) groups excluding carboxylic acids is 2. The van der Waals surface area contributed by atoms with Gasteiger partial charge in [0.05, 0.1) is 17.4 Å². The van der Waals surface area contributed by atoms with Gasteiger partial charge in [-0.2, -0.15) is 0 Å². The number of carboxylic acids is 1. The molecule has 2 saturated carbocycles. The first-order chi connectivity index (χ1) is 13.4. The maximum absolute atomic E-state index is 13.0. The van der Waals surface area contributed by atoms with E-state index in [2.05, 4.69) is 17.6 Å². The van der Waals surface area contributed by atoms with E-state index in [1.54, 1.807) is 0 Å². The van der Waals surface area contributed by atoms with Gasteiger partial charge in [0.1, 0.15) is 5.00 Å². The highest BCUT2D eigenvalue weighted by Gasteiger charge is 2.37. The highest BCUT2D eigenvalue weighted by molar-refractivity contribution is 7.17.